The van der Waals surface area contributed by atoms with E-state index in [2.05, 4.69) is 14.9 Å². The van der Waals surface area contributed by atoms with Crippen LogP contribution in [0.2, 0.25) is 0 Å². The highest BCUT2D eigenvalue weighted by atomic mass is 32.2. The number of ether oxygens (including phenoxy) is 2. The summed E-state index contributed by atoms with van der Waals surface area (Å²) in [5.74, 6) is 1.21. The zero-order valence-electron chi connectivity index (χ0n) is 11.2. The molecule has 0 unspecified atom stereocenters. The average Bonchev–Trinajstić information content (AvgIpc) is 2.96. The van der Waals surface area contributed by atoms with Crippen molar-refractivity contribution in [1.82, 2.24) is 10.2 Å². The van der Waals surface area contributed by atoms with Crippen LogP contribution in [0, 0.1) is 0 Å². The van der Waals surface area contributed by atoms with Gasteiger partial charge in [0.25, 0.3) is 0 Å². The lowest BCUT2D eigenvalue weighted by Crippen LogP contribution is -2.00. The number of thioether (sulfide) groups is 1. The Morgan fingerprint density at radius 2 is 2.20 bits per heavy atom. The molecule has 5 nitrogen and oxygen atoms in total. The van der Waals surface area contributed by atoms with Gasteiger partial charge in [-0.05, 0) is 12.1 Å². The van der Waals surface area contributed by atoms with Gasteiger partial charge in [0.1, 0.15) is 10.8 Å². The van der Waals surface area contributed by atoms with E-state index in [0.29, 0.717) is 12.2 Å². The standard InChI is InChI=1S/C13H14N2O3S2/c1-17-10-5-3-4-9(8-10)12-14-15-13(20-12)19-7-6-11(16)18-2/h3-5,8H,6-7H2,1-2H3. The number of hydrogen-bond donors (Lipinski definition) is 0. The van der Waals surface area contributed by atoms with Crippen LogP contribution in [-0.2, 0) is 9.53 Å². The SMILES string of the molecule is COC(=O)CCSc1nnc(-c2cccc(OC)c2)s1. The van der Waals surface area contributed by atoms with Crippen molar-refractivity contribution in [3.05, 3.63) is 24.3 Å². The van der Waals surface area contributed by atoms with Gasteiger partial charge >= 0.3 is 5.97 Å². The van der Waals surface area contributed by atoms with Gasteiger partial charge in [0, 0.05) is 11.3 Å². The highest BCUT2D eigenvalue weighted by Gasteiger charge is 2.09. The Hall–Kier alpha value is -1.60. The van der Waals surface area contributed by atoms with Gasteiger partial charge in [-0.2, -0.15) is 0 Å². The van der Waals surface area contributed by atoms with Crippen LogP contribution in [-0.4, -0.2) is 36.1 Å². The Balaban J connectivity index is 1.99. The Kier molecular flexibility index (Phi) is 5.37. The number of rotatable bonds is 6. The summed E-state index contributed by atoms with van der Waals surface area (Å²) >= 11 is 3.00. The Labute approximate surface area is 125 Å². The minimum absolute atomic E-state index is 0.213. The number of aromatic nitrogens is 2. The van der Waals surface area contributed by atoms with Crippen molar-refractivity contribution < 1.29 is 14.3 Å². The van der Waals surface area contributed by atoms with Crippen LogP contribution in [0.25, 0.3) is 10.6 Å². The van der Waals surface area contributed by atoms with E-state index in [1.807, 2.05) is 24.3 Å². The zero-order chi connectivity index (χ0) is 14.4. The third-order valence-electron chi connectivity index (χ3n) is 2.48. The lowest BCUT2D eigenvalue weighted by atomic mass is 10.2. The number of hydrogen-bond acceptors (Lipinski definition) is 7. The van der Waals surface area contributed by atoms with Crippen molar-refractivity contribution >= 4 is 29.1 Å². The number of methoxy groups -OCH3 is 2. The molecule has 0 N–H and O–H groups in total. The fraction of sp³-hybridized carbons (Fsp3) is 0.308. The summed E-state index contributed by atoms with van der Waals surface area (Å²) in [5, 5.41) is 9.10. The van der Waals surface area contributed by atoms with Gasteiger partial charge in [0.05, 0.1) is 20.6 Å². The van der Waals surface area contributed by atoms with Crippen molar-refractivity contribution in [3.63, 3.8) is 0 Å². The van der Waals surface area contributed by atoms with Crippen LogP contribution in [0.15, 0.2) is 28.6 Å². The summed E-state index contributed by atoms with van der Waals surface area (Å²) in [5.41, 5.74) is 0.974. The lowest BCUT2D eigenvalue weighted by molar-refractivity contribution is -0.140. The van der Waals surface area contributed by atoms with Gasteiger partial charge in [-0.1, -0.05) is 35.2 Å². The molecule has 0 spiro atoms. The molecule has 20 heavy (non-hydrogen) atoms. The molecular formula is C13H14N2O3S2. The fourth-order valence-electron chi connectivity index (χ4n) is 1.46. The molecule has 0 bridgehead atoms. The number of nitrogens with zero attached hydrogens (tertiary/aromatic N) is 2. The molecule has 0 fully saturated rings. The van der Waals surface area contributed by atoms with Crippen LogP contribution in [0.3, 0.4) is 0 Å². The summed E-state index contributed by atoms with van der Waals surface area (Å²) in [6.45, 7) is 0. The molecule has 0 aliphatic carbocycles. The van der Waals surface area contributed by atoms with Gasteiger partial charge in [0.15, 0.2) is 4.34 Å². The number of carbonyl (C=O) groups excluding carboxylic acids is 1. The maximum atomic E-state index is 11.0. The molecule has 7 heteroatoms. The van der Waals surface area contributed by atoms with Gasteiger partial charge < -0.3 is 9.47 Å². The summed E-state index contributed by atoms with van der Waals surface area (Å²) in [4.78, 5) is 11.0. The molecule has 0 saturated carbocycles. The Morgan fingerprint density at radius 3 is 2.95 bits per heavy atom. The molecular weight excluding hydrogens is 296 g/mol. The van der Waals surface area contributed by atoms with E-state index in [9.17, 15) is 4.79 Å². The predicted molar refractivity (Wildman–Crippen MR) is 79.3 cm³/mol. The second-order valence-corrected chi connectivity index (χ2v) is 6.10. The zero-order valence-corrected chi connectivity index (χ0v) is 12.8. The van der Waals surface area contributed by atoms with Crippen molar-refractivity contribution in [2.75, 3.05) is 20.0 Å². The molecule has 106 valence electrons. The largest absolute Gasteiger partial charge is 0.497 e. The number of benzene rings is 1. The number of carbonyl (C=O) groups is 1. The minimum Gasteiger partial charge on any atom is -0.497 e. The second kappa shape index (κ2) is 7.25. The normalized spacial score (nSPS) is 10.3. The summed E-state index contributed by atoms with van der Waals surface area (Å²) < 4.78 is 10.6. The quantitative estimate of drug-likeness (QED) is 0.604. The van der Waals surface area contributed by atoms with Gasteiger partial charge in [-0.25, -0.2) is 0 Å². The monoisotopic (exact) mass is 310 g/mol. The van der Waals surface area contributed by atoms with Crippen molar-refractivity contribution in [1.29, 1.82) is 0 Å². The molecule has 1 aromatic carbocycles. The van der Waals surface area contributed by atoms with Crippen LogP contribution < -0.4 is 4.74 Å². The molecule has 1 heterocycles. The number of esters is 1. The molecule has 1 aromatic heterocycles. The second-order valence-electron chi connectivity index (χ2n) is 3.78. The van der Waals surface area contributed by atoms with Crippen molar-refractivity contribution in [3.8, 4) is 16.3 Å². The molecule has 0 aliphatic heterocycles. The molecule has 0 aliphatic rings. The molecule has 0 saturated heterocycles. The van der Waals surface area contributed by atoms with E-state index < -0.39 is 0 Å². The smallest absolute Gasteiger partial charge is 0.306 e. The third kappa shape index (κ3) is 3.94. The molecule has 0 radical (unpaired) electrons. The summed E-state index contributed by atoms with van der Waals surface area (Å²) in [7, 11) is 3.02. The Bertz CT molecular complexity index is 587. The molecule has 2 rings (SSSR count). The van der Waals surface area contributed by atoms with E-state index in [-0.39, 0.29) is 5.97 Å². The van der Waals surface area contributed by atoms with Crippen LogP contribution >= 0.6 is 23.1 Å². The first-order valence-electron chi connectivity index (χ1n) is 5.90. The maximum Gasteiger partial charge on any atom is 0.306 e. The van der Waals surface area contributed by atoms with E-state index in [1.165, 1.54) is 30.2 Å². The topological polar surface area (TPSA) is 61.3 Å². The van der Waals surface area contributed by atoms with Gasteiger partial charge in [0.2, 0.25) is 0 Å². The first-order chi connectivity index (χ1) is 9.72. The minimum atomic E-state index is -0.213. The van der Waals surface area contributed by atoms with Gasteiger partial charge in [-0.15, -0.1) is 10.2 Å². The molecule has 0 atom stereocenters. The van der Waals surface area contributed by atoms with Crippen LogP contribution in [0.4, 0.5) is 0 Å². The predicted octanol–water partition coefficient (Wildman–Crippen LogP) is 2.87. The Morgan fingerprint density at radius 1 is 1.35 bits per heavy atom. The van der Waals surface area contributed by atoms with Gasteiger partial charge in [-0.3, -0.25) is 4.79 Å². The third-order valence-corrected chi connectivity index (χ3v) is 4.59. The van der Waals surface area contributed by atoms with Crippen LogP contribution in [0.1, 0.15) is 6.42 Å². The summed E-state index contributed by atoms with van der Waals surface area (Å²) in [6.07, 6.45) is 0.370. The highest BCUT2D eigenvalue weighted by Crippen LogP contribution is 2.31. The van der Waals surface area contributed by atoms with E-state index in [1.54, 1.807) is 7.11 Å². The molecule has 2 aromatic rings. The van der Waals surface area contributed by atoms with Crippen molar-refractivity contribution in [2.45, 2.75) is 10.8 Å². The lowest BCUT2D eigenvalue weighted by Gasteiger charge is -2.00. The first-order valence-corrected chi connectivity index (χ1v) is 7.70. The fourth-order valence-corrected chi connectivity index (χ4v) is 3.30. The van der Waals surface area contributed by atoms with Crippen LogP contribution in [0.5, 0.6) is 5.75 Å². The first kappa shape index (κ1) is 14.8. The summed E-state index contributed by atoms with van der Waals surface area (Å²) in [6, 6.07) is 7.69. The van der Waals surface area contributed by atoms with E-state index in [4.69, 9.17) is 4.74 Å². The van der Waals surface area contributed by atoms with E-state index in [0.717, 1.165) is 20.7 Å². The van der Waals surface area contributed by atoms with Crippen molar-refractivity contribution in [2.24, 2.45) is 0 Å². The average molecular weight is 310 g/mol. The molecule has 0 amide bonds. The van der Waals surface area contributed by atoms with E-state index >= 15 is 0 Å². The maximum absolute atomic E-state index is 11.0. The highest BCUT2D eigenvalue weighted by molar-refractivity contribution is 8.01.